The Balaban J connectivity index is 1.96. The van der Waals surface area contributed by atoms with Crippen LogP contribution < -0.4 is 0 Å². The van der Waals surface area contributed by atoms with Crippen molar-refractivity contribution < 1.29 is 9.90 Å². The predicted octanol–water partition coefficient (Wildman–Crippen LogP) is 2.30. The predicted molar refractivity (Wildman–Crippen MR) is 75.9 cm³/mol. The topological polar surface area (TPSA) is 40.5 Å². The van der Waals surface area contributed by atoms with Crippen molar-refractivity contribution in [3.8, 4) is 0 Å². The summed E-state index contributed by atoms with van der Waals surface area (Å²) in [6.07, 6.45) is 4.60. The van der Waals surface area contributed by atoms with Gasteiger partial charge in [0, 0.05) is 19.2 Å². The van der Waals surface area contributed by atoms with Crippen LogP contribution in [0.25, 0.3) is 0 Å². The molecular formula is C16H23NO2. The molecule has 1 aromatic carbocycles. The van der Waals surface area contributed by atoms with E-state index in [-0.39, 0.29) is 12.5 Å². The van der Waals surface area contributed by atoms with Gasteiger partial charge in [0.05, 0.1) is 6.42 Å². The minimum absolute atomic E-state index is 0.154. The fourth-order valence-electron chi connectivity index (χ4n) is 2.43. The Morgan fingerprint density at radius 2 is 2.00 bits per heavy atom. The van der Waals surface area contributed by atoms with E-state index in [0.29, 0.717) is 25.4 Å². The minimum Gasteiger partial charge on any atom is -0.396 e. The van der Waals surface area contributed by atoms with Crippen LogP contribution in [0.2, 0.25) is 0 Å². The molecule has 1 amide bonds. The van der Waals surface area contributed by atoms with Gasteiger partial charge in [-0.2, -0.15) is 0 Å². The number of aliphatic hydroxyl groups excluding tert-OH is 1. The first kappa shape index (κ1) is 14.1. The number of benzene rings is 1. The van der Waals surface area contributed by atoms with Gasteiger partial charge in [0.25, 0.3) is 0 Å². The van der Waals surface area contributed by atoms with Crippen molar-refractivity contribution in [2.24, 2.45) is 0 Å². The Labute approximate surface area is 115 Å². The Kier molecular flexibility index (Phi) is 4.97. The van der Waals surface area contributed by atoms with Gasteiger partial charge in [-0.15, -0.1) is 0 Å². The summed E-state index contributed by atoms with van der Waals surface area (Å²) in [5.41, 5.74) is 2.29. The lowest BCUT2D eigenvalue weighted by Gasteiger charge is -2.37. The molecule has 1 aliphatic carbocycles. The molecule has 0 heterocycles. The second-order valence-corrected chi connectivity index (χ2v) is 5.41. The van der Waals surface area contributed by atoms with Crippen molar-refractivity contribution in [3.05, 3.63) is 35.4 Å². The van der Waals surface area contributed by atoms with Crippen molar-refractivity contribution in [2.75, 3.05) is 13.2 Å². The van der Waals surface area contributed by atoms with Crippen LogP contribution in [0.15, 0.2) is 24.3 Å². The van der Waals surface area contributed by atoms with Crippen molar-refractivity contribution >= 4 is 5.91 Å². The third-order valence-electron chi connectivity index (χ3n) is 3.87. The summed E-state index contributed by atoms with van der Waals surface area (Å²) in [6, 6.07) is 8.55. The Morgan fingerprint density at radius 3 is 2.53 bits per heavy atom. The van der Waals surface area contributed by atoms with E-state index in [1.807, 2.05) is 36.1 Å². The Morgan fingerprint density at radius 1 is 1.32 bits per heavy atom. The van der Waals surface area contributed by atoms with Crippen LogP contribution in [0, 0.1) is 6.92 Å². The lowest BCUT2D eigenvalue weighted by atomic mass is 9.91. The maximum atomic E-state index is 12.4. The monoisotopic (exact) mass is 261 g/mol. The largest absolute Gasteiger partial charge is 0.396 e. The lowest BCUT2D eigenvalue weighted by molar-refractivity contribution is -0.134. The molecule has 0 bridgehead atoms. The Bertz CT molecular complexity index is 409. The molecule has 1 aliphatic rings. The highest BCUT2D eigenvalue weighted by atomic mass is 16.3. The first-order chi connectivity index (χ1) is 9.20. The molecule has 0 spiro atoms. The first-order valence-electron chi connectivity index (χ1n) is 7.16. The number of aliphatic hydroxyl groups is 1. The van der Waals surface area contributed by atoms with Gasteiger partial charge in [-0.1, -0.05) is 29.8 Å². The van der Waals surface area contributed by atoms with Gasteiger partial charge in [-0.05, 0) is 38.2 Å². The number of nitrogens with zero attached hydrogens (tertiary/aromatic N) is 1. The van der Waals surface area contributed by atoms with E-state index < -0.39 is 0 Å². The van der Waals surface area contributed by atoms with Crippen LogP contribution in [0.3, 0.4) is 0 Å². The quantitative estimate of drug-likeness (QED) is 0.853. The second kappa shape index (κ2) is 6.71. The van der Waals surface area contributed by atoms with E-state index in [1.165, 1.54) is 12.0 Å². The molecule has 2 rings (SSSR count). The minimum atomic E-state index is 0.154. The molecule has 0 aliphatic heterocycles. The maximum Gasteiger partial charge on any atom is 0.227 e. The molecule has 0 radical (unpaired) electrons. The normalized spacial score (nSPS) is 15.1. The zero-order valence-electron chi connectivity index (χ0n) is 11.6. The molecule has 3 nitrogen and oxygen atoms in total. The molecule has 0 atom stereocenters. The fourth-order valence-corrected chi connectivity index (χ4v) is 2.43. The smallest absolute Gasteiger partial charge is 0.227 e. The van der Waals surface area contributed by atoms with Crippen molar-refractivity contribution in [1.82, 2.24) is 4.90 Å². The van der Waals surface area contributed by atoms with Crippen LogP contribution in [-0.4, -0.2) is 35.1 Å². The SMILES string of the molecule is Cc1ccc(CC(=O)N(CCCO)C2CCC2)cc1. The average Bonchev–Trinajstić information content (AvgIpc) is 2.34. The number of carbonyl (C=O) groups excluding carboxylic acids is 1. The van der Waals surface area contributed by atoms with E-state index in [9.17, 15) is 4.79 Å². The average molecular weight is 261 g/mol. The highest BCUT2D eigenvalue weighted by Gasteiger charge is 2.28. The van der Waals surface area contributed by atoms with Crippen LogP contribution >= 0.6 is 0 Å². The summed E-state index contributed by atoms with van der Waals surface area (Å²) in [7, 11) is 0. The molecule has 0 aromatic heterocycles. The number of amides is 1. The zero-order chi connectivity index (χ0) is 13.7. The fraction of sp³-hybridized carbons (Fsp3) is 0.562. The van der Waals surface area contributed by atoms with Crippen LogP contribution in [0.4, 0.5) is 0 Å². The van der Waals surface area contributed by atoms with Gasteiger partial charge < -0.3 is 10.0 Å². The van der Waals surface area contributed by atoms with Gasteiger partial charge in [-0.25, -0.2) is 0 Å². The number of hydrogen-bond donors (Lipinski definition) is 1. The standard InChI is InChI=1S/C16H23NO2/c1-13-6-8-14(9-7-13)12-16(19)17(10-3-11-18)15-4-2-5-15/h6-9,15,18H,2-5,10-12H2,1H3. The summed E-state index contributed by atoms with van der Waals surface area (Å²) in [5.74, 6) is 0.196. The summed E-state index contributed by atoms with van der Waals surface area (Å²) in [6.45, 7) is 2.89. The first-order valence-corrected chi connectivity index (χ1v) is 7.16. The van der Waals surface area contributed by atoms with E-state index in [1.54, 1.807) is 0 Å². The number of aryl methyl sites for hydroxylation is 1. The maximum absolute atomic E-state index is 12.4. The van der Waals surface area contributed by atoms with Crippen LogP contribution in [-0.2, 0) is 11.2 Å². The summed E-state index contributed by atoms with van der Waals surface area (Å²) in [5, 5.41) is 8.95. The number of hydrogen-bond acceptors (Lipinski definition) is 2. The highest BCUT2D eigenvalue weighted by Crippen LogP contribution is 2.25. The van der Waals surface area contributed by atoms with E-state index >= 15 is 0 Å². The number of rotatable bonds is 6. The molecule has 0 saturated heterocycles. The zero-order valence-corrected chi connectivity index (χ0v) is 11.6. The van der Waals surface area contributed by atoms with Crippen LogP contribution in [0.5, 0.6) is 0 Å². The molecule has 19 heavy (non-hydrogen) atoms. The second-order valence-electron chi connectivity index (χ2n) is 5.41. The van der Waals surface area contributed by atoms with E-state index in [4.69, 9.17) is 5.11 Å². The van der Waals surface area contributed by atoms with E-state index in [0.717, 1.165) is 18.4 Å². The number of carbonyl (C=O) groups is 1. The molecule has 3 heteroatoms. The third kappa shape index (κ3) is 3.80. The van der Waals surface area contributed by atoms with E-state index in [2.05, 4.69) is 0 Å². The molecule has 1 fully saturated rings. The molecule has 1 saturated carbocycles. The molecule has 104 valence electrons. The molecule has 0 unspecified atom stereocenters. The summed E-state index contributed by atoms with van der Waals surface area (Å²) in [4.78, 5) is 14.4. The highest BCUT2D eigenvalue weighted by molar-refractivity contribution is 5.79. The molecule has 1 N–H and O–H groups in total. The van der Waals surface area contributed by atoms with Crippen LogP contribution in [0.1, 0.15) is 36.8 Å². The van der Waals surface area contributed by atoms with Crippen molar-refractivity contribution in [3.63, 3.8) is 0 Å². The van der Waals surface area contributed by atoms with Gasteiger partial charge in [0.2, 0.25) is 5.91 Å². The van der Waals surface area contributed by atoms with Gasteiger partial charge >= 0.3 is 0 Å². The lowest BCUT2D eigenvalue weighted by Crippen LogP contribution is -2.45. The Hall–Kier alpha value is -1.35. The molecule has 1 aromatic rings. The summed E-state index contributed by atoms with van der Waals surface area (Å²) < 4.78 is 0. The van der Waals surface area contributed by atoms with Gasteiger partial charge in [0.15, 0.2) is 0 Å². The van der Waals surface area contributed by atoms with Crippen molar-refractivity contribution in [2.45, 2.75) is 45.1 Å². The summed E-state index contributed by atoms with van der Waals surface area (Å²) >= 11 is 0. The third-order valence-corrected chi connectivity index (χ3v) is 3.87. The molecular weight excluding hydrogens is 238 g/mol. The van der Waals surface area contributed by atoms with Gasteiger partial charge in [0.1, 0.15) is 0 Å². The van der Waals surface area contributed by atoms with Gasteiger partial charge in [-0.3, -0.25) is 4.79 Å². The van der Waals surface area contributed by atoms with Crippen molar-refractivity contribution in [1.29, 1.82) is 0 Å².